The molecule has 1 aliphatic heterocycles. The van der Waals surface area contributed by atoms with Crippen LogP contribution in [-0.4, -0.2) is 25.2 Å². The fourth-order valence-corrected chi connectivity index (χ4v) is 1.48. The number of nitrogens with one attached hydrogen (secondary N) is 1. The first-order chi connectivity index (χ1) is 6.18. The van der Waals surface area contributed by atoms with Crippen LogP contribution in [0.3, 0.4) is 0 Å². The summed E-state index contributed by atoms with van der Waals surface area (Å²) >= 11 is 0. The van der Waals surface area contributed by atoms with Crippen LogP contribution in [0.4, 0.5) is 0 Å². The van der Waals surface area contributed by atoms with Crippen molar-refractivity contribution in [2.45, 2.75) is 39.2 Å². The van der Waals surface area contributed by atoms with E-state index >= 15 is 0 Å². The second-order valence-electron chi connectivity index (χ2n) is 4.04. The van der Waals surface area contributed by atoms with E-state index in [0.29, 0.717) is 18.9 Å². The summed E-state index contributed by atoms with van der Waals surface area (Å²) in [6.07, 6.45) is 3.09. The Morgan fingerprint density at radius 2 is 2.46 bits per heavy atom. The zero-order valence-electron chi connectivity index (χ0n) is 8.51. The van der Waals surface area contributed by atoms with Crippen molar-refractivity contribution in [2.75, 3.05) is 13.2 Å². The average Bonchev–Trinajstić information content (AvgIpc) is 2.51. The first kappa shape index (κ1) is 10.5. The Morgan fingerprint density at radius 3 is 3.00 bits per heavy atom. The van der Waals surface area contributed by atoms with E-state index in [1.165, 1.54) is 0 Å². The van der Waals surface area contributed by atoms with Crippen LogP contribution in [0.1, 0.15) is 34.5 Å². The third kappa shape index (κ3) is 4.27. The summed E-state index contributed by atoms with van der Waals surface area (Å²) in [5, 5.41) is 2.89. The minimum atomic E-state index is 0. The Morgan fingerprint density at radius 1 is 1.69 bits per heavy atom. The van der Waals surface area contributed by atoms with Crippen molar-refractivity contribution in [3.8, 4) is 0 Å². The smallest absolute Gasteiger partial charge is 0.220 e. The lowest BCUT2D eigenvalue weighted by molar-refractivity contribution is -0.122. The Bertz CT molecular complexity index is 168. The first-order valence-electron chi connectivity index (χ1n) is 5.07. The molecule has 1 heterocycles. The van der Waals surface area contributed by atoms with Gasteiger partial charge in [-0.3, -0.25) is 4.79 Å². The molecule has 0 spiro atoms. The molecule has 1 rings (SSSR count). The number of hydrogen-bond donors (Lipinski definition) is 1. The predicted molar refractivity (Wildman–Crippen MR) is 53.6 cm³/mol. The molecule has 0 aromatic heterocycles. The maximum absolute atomic E-state index is 11.2. The number of hydrogen-bond acceptors (Lipinski definition) is 2. The minimum absolute atomic E-state index is 0. The molecule has 78 valence electrons. The van der Waals surface area contributed by atoms with Gasteiger partial charge in [-0.05, 0) is 18.8 Å². The van der Waals surface area contributed by atoms with Gasteiger partial charge in [0.1, 0.15) is 0 Å². The maximum Gasteiger partial charge on any atom is 0.220 e. The second-order valence-corrected chi connectivity index (χ2v) is 4.04. The molecule has 13 heavy (non-hydrogen) atoms. The molecular weight excluding hydrogens is 166 g/mol. The molecule has 0 saturated carbocycles. The van der Waals surface area contributed by atoms with Gasteiger partial charge in [0.15, 0.2) is 0 Å². The van der Waals surface area contributed by atoms with Gasteiger partial charge in [-0.1, -0.05) is 13.8 Å². The molecule has 0 aromatic rings. The molecule has 1 N–H and O–H groups in total. The summed E-state index contributed by atoms with van der Waals surface area (Å²) in [7, 11) is 0. The minimum Gasteiger partial charge on any atom is -0.376 e. The van der Waals surface area contributed by atoms with E-state index in [1.807, 2.05) is 13.8 Å². The molecule has 0 bridgehead atoms. The fraction of sp³-hybridized carbons (Fsp3) is 0.900. The molecule has 0 radical (unpaired) electrons. The third-order valence-corrected chi connectivity index (χ3v) is 2.14. The lowest BCUT2D eigenvalue weighted by atomic mass is 10.1. The molecule has 1 amide bonds. The van der Waals surface area contributed by atoms with Crippen molar-refractivity contribution in [1.29, 1.82) is 0 Å². The van der Waals surface area contributed by atoms with Crippen LogP contribution >= 0.6 is 0 Å². The van der Waals surface area contributed by atoms with E-state index in [9.17, 15) is 4.79 Å². The van der Waals surface area contributed by atoms with Crippen LogP contribution in [0.2, 0.25) is 0 Å². The van der Waals surface area contributed by atoms with E-state index in [1.54, 1.807) is 0 Å². The van der Waals surface area contributed by atoms with Crippen molar-refractivity contribution in [3.63, 3.8) is 0 Å². The molecule has 1 fully saturated rings. The summed E-state index contributed by atoms with van der Waals surface area (Å²) in [6.45, 7) is 5.63. The molecule has 1 atom stereocenters. The van der Waals surface area contributed by atoms with E-state index < -0.39 is 0 Å². The summed E-state index contributed by atoms with van der Waals surface area (Å²) in [4.78, 5) is 11.2. The molecule has 0 aliphatic carbocycles. The molecule has 1 aliphatic rings. The predicted octanol–water partition coefficient (Wildman–Crippen LogP) is 1.57. The largest absolute Gasteiger partial charge is 0.376 e. The van der Waals surface area contributed by atoms with Gasteiger partial charge >= 0.3 is 0 Å². The van der Waals surface area contributed by atoms with Gasteiger partial charge in [0, 0.05) is 21.0 Å². The maximum atomic E-state index is 11.2. The van der Waals surface area contributed by atoms with Crippen LogP contribution in [0.25, 0.3) is 0 Å². The number of ether oxygens (including phenoxy) is 1. The third-order valence-electron chi connectivity index (χ3n) is 2.14. The SMILES string of the molecule is CC(C)CC(=O)NC[C@H]1CCCO1.[HH]. The lowest BCUT2D eigenvalue weighted by Crippen LogP contribution is -2.32. The quantitative estimate of drug-likeness (QED) is 0.725. The van der Waals surface area contributed by atoms with Gasteiger partial charge in [-0.2, -0.15) is 0 Å². The monoisotopic (exact) mass is 187 g/mol. The Balaban J connectivity index is 0.00000169. The molecular formula is C10H21NO2. The van der Waals surface area contributed by atoms with Gasteiger partial charge in [-0.25, -0.2) is 0 Å². The second kappa shape index (κ2) is 5.22. The zero-order chi connectivity index (χ0) is 9.68. The van der Waals surface area contributed by atoms with E-state index in [4.69, 9.17) is 4.74 Å². The summed E-state index contributed by atoms with van der Waals surface area (Å²) in [5.41, 5.74) is 0. The normalized spacial score (nSPS) is 22.2. The highest BCUT2D eigenvalue weighted by Gasteiger charge is 2.16. The average molecular weight is 187 g/mol. The molecule has 3 nitrogen and oxygen atoms in total. The van der Waals surface area contributed by atoms with Crippen molar-refractivity contribution >= 4 is 5.91 Å². The van der Waals surface area contributed by atoms with Gasteiger partial charge in [0.2, 0.25) is 5.91 Å². The summed E-state index contributed by atoms with van der Waals surface area (Å²) in [6, 6.07) is 0. The van der Waals surface area contributed by atoms with Crippen molar-refractivity contribution in [3.05, 3.63) is 0 Å². The zero-order valence-corrected chi connectivity index (χ0v) is 8.51. The molecule has 0 aromatic carbocycles. The summed E-state index contributed by atoms with van der Waals surface area (Å²) < 4.78 is 5.39. The Labute approximate surface area is 81.3 Å². The molecule has 1 saturated heterocycles. The number of amides is 1. The lowest BCUT2D eigenvalue weighted by Gasteiger charge is -2.11. The number of rotatable bonds is 4. The van der Waals surface area contributed by atoms with E-state index in [0.717, 1.165) is 19.4 Å². The van der Waals surface area contributed by atoms with Crippen molar-refractivity contribution in [2.24, 2.45) is 5.92 Å². The first-order valence-corrected chi connectivity index (χ1v) is 5.07. The molecule has 0 unspecified atom stereocenters. The van der Waals surface area contributed by atoms with Gasteiger partial charge in [0.05, 0.1) is 6.10 Å². The van der Waals surface area contributed by atoms with Crippen LogP contribution in [0, 0.1) is 5.92 Å². The highest BCUT2D eigenvalue weighted by atomic mass is 16.5. The van der Waals surface area contributed by atoms with Gasteiger partial charge in [0.25, 0.3) is 0 Å². The van der Waals surface area contributed by atoms with Crippen LogP contribution < -0.4 is 5.32 Å². The van der Waals surface area contributed by atoms with E-state index in [-0.39, 0.29) is 13.4 Å². The van der Waals surface area contributed by atoms with Crippen molar-refractivity contribution < 1.29 is 11.0 Å². The Kier molecular flexibility index (Phi) is 4.22. The van der Waals surface area contributed by atoms with Crippen LogP contribution in [0.5, 0.6) is 0 Å². The van der Waals surface area contributed by atoms with Crippen LogP contribution in [-0.2, 0) is 9.53 Å². The topological polar surface area (TPSA) is 38.3 Å². The van der Waals surface area contributed by atoms with E-state index in [2.05, 4.69) is 5.32 Å². The standard InChI is InChI=1S/C10H19NO2.H2/c1-8(2)6-10(12)11-7-9-4-3-5-13-9;/h8-9H,3-7H2,1-2H3,(H,11,12);1H/t9-;/m1./s1. The molecule has 3 heteroatoms. The Hall–Kier alpha value is -0.570. The highest BCUT2D eigenvalue weighted by molar-refractivity contribution is 5.76. The fourth-order valence-electron chi connectivity index (χ4n) is 1.48. The highest BCUT2D eigenvalue weighted by Crippen LogP contribution is 2.10. The number of carbonyl (C=O) groups excluding carboxylic acids is 1. The van der Waals surface area contributed by atoms with Crippen LogP contribution in [0.15, 0.2) is 0 Å². The van der Waals surface area contributed by atoms with Crippen molar-refractivity contribution in [1.82, 2.24) is 5.32 Å². The summed E-state index contributed by atoms with van der Waals surface area (Å²) in [5.74, 6) is 0.579. The van der Waals surface area contributed by atoms with Gasteiger partial charge < -0.3 is 10.1 Å². The van der Waals surface area contributed by atoms with Gasteiger partial charge in [-0.15, -0.1) is 0 Å². The number of carbonyl (C=O) groups is 1.